The Kier molecular flexibility index (Phi) is 8.02. The van der Waals surface area contributed by atoms with Crippen molar-refractivity contribution in [3.05, 3.63) is 64.2 Å². The predicted octanol–water partition coefficient (Wildman–Crippen LogP) is 2.95. The monoisotopic (exact) mass is 441 g/mol. The van der Waals surface area contributed by atoms with Crippen LogP contribution >= 0.6 is 0 Å². The number of nitro benzene ring substituents is 1. The quantitative estimate of drug-likeness (QED) is 0.255. The minimum atomic E-state index is -0.432. The van der Waals surface area contributed by atoms with E-state index in [-0.39, 0.29) is 24.6 Å². The van der Waals surface area contributed by atoms with Crippen molar-refractivity contribution < 1.29 is 24.0 Å². The molecule has 1 aliphatic heterocycles. The van der Waals surface area contributed by atoms with Gasteiger partial charge in [-0.15, -0.1) is 0 Å². The summed E-state index contributed by atoms with van der Waals surface area (Å²) in [6.45, 7) is 4.34. The van der Waals surface area contributed by atoms with Crippen LogP contribution in [0.5, 0.6) is 5.75 Å². The van der Waals surface area contributed by atoms with E-state index in [1.165, 1.54) is 12.1 Å². The summed E-state index contributed by atoms with van der Waals surface area (Å²) in [7, 11) is 0. The van der Waals surface area contributed by atoms with Crippen LogP contribution in [0.2, 0.25) is 0 Å². The molecule has 1 saturated heterocycles. The molecule has 2 aromatic rings. The maximum Gasteiger partial charge on any atom is 0.306 e. The predicted molar refractivity (Wildman–Crippen MR) is 119 cm³/mol. The molecule has 2 aromatic carbocycles. The largest absolute Gasteiger partial charge is 0.494 e. The lowest BCUT2D eigenvalue weighted by Crippen LogP contribution is -2.49. The van der Waals surface area contributed by atoms with Crippen molar-refractivity contribution in [3.63, 3.8) is 0 Å². The summed E-state index contributed by atoms with van der Waals surface area (Å²) < 4.78 is 10.7. The van der Waals surface area contributed by atoms with E-state index in [0.717, 1.165) is 17.0 Å². The Morgan fingerprint density at radius 1 is 1.00 bits per heavy atom. The standard InChI is InChI=1S/C23H27N3O6/c1-18-4-10-21(11-5-18)31-16-2-3-23(28)32-17-22(27)25-14-12-24(13-15-25)19-6-8-20(9-7-19)26(29)30/h4-11H,2-3,12-17H2,1H3. The zero-order chi connectivity index (χ0) is 22.9. The van der Waals surface area contributed by atoms with E-state index >= 15 is 0 Å². The number of nitrogens with zero attached hydrogens (tertiary/aromatic N) is 3. The molecule has 0 N–H and O–H groups in total. The van der Waals surface area contributed by atoms with Gasteiger partial charge in [0.1, 0.15) is 5.75 Å². The van der Waals surface area contributed by atoms with Crippen LogP contribution in [-0.2, 0) is 14.3 Å². The molecule has 1 fully saturated rings. The van der Waals surface area contributed by atoms with E-state index in [9.17, 15) is 19.7 Å². The third-order valence-corrected chi connectivity index (χ3v) is 5.23. The number of nitro groups is 1. The molecule has 1 amide bonds. The first-order valence-corrected chi connectivity index (χ1v) is 10.5. The van der Waals surface area contributed by atoms with E-state index in [0.29, 0.717) is 39.2 Å². The van der Waals surface area contributed by atoms with Gasteiger partial charge >= 0.3 is 5.97 Å². The summed E-state index contributed by atoms with van der Waals surface area (Å²) in [5.41, 5.74) is 2.08. The van der Waals surface area contributed by atoms with E-state index < -0.39 is 10.9 Å². The number of aryl methyl sites for hydroxylation is 1. The van der Waals surface area contributed by atoms with Crippen molar-refractivity contribution in [2.75, 3.05) is 44.3 Å². The summed E-state index contributed by atoms with van der Waals surface area (Å²) in [6, 6.07) is 14.0. The van der Waals surface area contributed by atoms with E-state index in [4.69, 9.17) is 9.47 Å². The SMILES string of the molecule is Cc1ccc(OCCCC(=O)OCC(=O)N2CCN(c3ccc([N+](=O)[O-])cc3)CC2)cc1. The molecule has 3 rings (SSSR count). The maximum absolute atomic E-state index is 12.3. The van der Waals surface area contributed by atoms with Gasteiger partial charge in [-0.2, -0.15) is 0 Å². The number of piperazine rings is 1. The summed E-state index contributed by atoms with van der Waals surface area (Å²) >= 11 is 0. The first kappa shape index (κ1) is 23.1. The van der Waals surface area contributed by atoms with Crippen LogP contribution in [-0.4, -0.2) is 61.1 Å². The molecule has 32 heavy (non-hydrogen) atoms. The highest BCUT2D eigenvalue weighted by atomic mass is 16.6. The summed E-state index contributed by atoms with van der Waals surface area (Å²) in [4.78, 5) is 38.3. The Labute approximate surface area is 186 Å². The Balaban J connectivity index is 1.31. The van der Waals surface area contributed by atoms with Crippen molar-refractivity contribution in [2.45, 2.75) is 19.8 Å². The number of ether oxygens (including phenoxy) is 2. The first-order valence-electron chi connectivity index (χ1n) is 10.5. The molecule has 0 saturated carbocycles. The Morgan fingerprint density at radius 2 is 1.66 bits per heavy atom. The Morgan fingerprint density at radius 3 is 2.28 bits per heavy atom. The molecule has 0 spiro atoms. The van der Waals surface area contributed by atoms with Crippen molar-refractivity contribution >= 4 is 23.3 Å². The van der Waals surface area contributed by atoms with Crippen LogP contribution < -0.4 is 9.64 Å². The van der Waals surface area contributed by atoms with Crippen LogP contribution in [0.3, 0.4) is 0 Å². The zero-order valence-electron chi connectivity index (χ0n) is 18.1. The molecule has 0 aromatic heterocycles. The topological polar surface area (TPSA) is 102 Å². The number of non-ortho nitro benzene ring substituents is 1. The van der Waals surface area contributed by atoms with Crippen LogP contribution in [0, 0.1) is 17.0 Å². The molecule has 0 atom stereocenters. The van der Waals surface area contributed by atoms with Crippen LogP contribution in [0.4, 0.5) is 11.4 Å². The molecule has 0 radical (unpaired) electrons. The van der Waals surface area contributed by atoms with Crippen molar-refractivity contribution in [1.29, 1.82) is 0 Å². The third-order valence-electron chi connectivity index (χ3n) is 5.23. The number of hydrogen-bond acceptors (Lipinski definition) is 7. The molecule has 1 aliphatic rings. The fraction of sp³-hybridized carbons (Fsp3) is 0.391. The summed E-state index contributed by atoms with van der Waals surface area (Å²) in [5, 5.41) is 10.8. The first-order chi connectivity index (χ1) is 15.4. The van der Waals surface area contributed by atoms with Gasteiger partial charge in [0.15, 0.2) is 6.61 Å². The number of amides is 1. The number of esters is 1. The summed E-state index contributed by atoms with van der Waals surface area (Å²) in [5.74, 6) is 0.111. The number of carbonyl (C=O) groups is 2. The fourth-order valence-corrected chi connectivity index (χ4v) is 3.35. The Bertz CT molecular complexity index is 922. The second-order valence-electron chi connectivity index (χ2n) is 7.57. The number of rotatable bonds is 9. The van der Waals surface area contributed by atoms with Gasteiger partial charge in [-0.3, -0.25) is 19.7 Å². The van der Waals surface area contributed by atoms with Crippen LogP contribution in [0.25, 0.3) is 0 Å². The number of hydrogen-bond donors (Lipinski definition) is 0. The third kappa shape index (κ3) is 6.69. The van der Waals surface area contributed by atoms with Gasteiger partial charge in [0.05, 0.1) is 11.5 Å². The minimum absolute atomic E-state index is 0.0473. The lowest BCUT2D eigenvalue weighted by molar-refractivity contribution is -0.384. The highest BCUT2D eigenvalue weighted by Crippen LogP contribution is 2.20. The van der Waals surface area contributed by atoms with Crippen LogP contribution in [0.15, 0.2) is 48.5 Å². The molecule has 0 unspecified atom stereocenters. The zero-order valence-corrected chi connectivity index (χ0v) is 18.1. The Hall–Kier alpha value is -3.62. The number of anilines is 1. The average molecular weight is 441 g/mol. The van der Waals surface area contributed by atoms with Gasteiger partial charge in [-0.1, -0.05) is 17.7 Å². The van der Waals surface area contributed by atoms with E-state index in [2.05, 4.69) is 4.90 Å². The molecule has 170 valence electrons. The van der Waals surface area contributed by atoms with E-state index in [1.54, 1.807) is 17.0 Å². The van der Waals surface area contributed by atoms with Gasteiger partial charge in [0, 0.05) is 50.4 Å². The van der Waals surface area contributed by atoms with E-state index in [1.807, 2.05) is 31.2 Å². The second kappa shape index (κ2) is 11.1. The van der Waals surface area contributed by atoms with Crippen LogP contribution in [0.1, 0.15) is 18.4 Å². The smallest absolute Gasteiger partial charge is 0.306 e. The molecular weight excluding hydrogens is 414 g/mol. The molecule has 9 nitrogen and oxygen atoms in total. The highest BCUT2D eigenvalue weighted by molar-refractivity contribution is 5.81. The average Bonchev–Trinajstić information content (AvgIpc) is 2.81. The number of benzene rings is 2. The molecule has 1 heterocycles. The molecule has 0 bridgehead atoms. The molecular formula is C23H27N3O6. The van der Waals surface area contributed by atoms with Crippen molar-refractivity contribution in [1.82, 2.24) is 4.90 Å². The van der Waals surface area contributed by atoms with Gasteiger partial charge in [0.25, 0.3) is 11.6 Å². The lowest BCUT2D eigenvalue weighted by Gasteiger charge is -2.36. The lowest BCUT2D eigenvalue weighted by atomic mass is 10.2. The minimum Gasteiger partial charge on any atom is -0.494 e. The normalized spacial score (nSPS) is 13.5. The van der Waals surface area contributed by atoms with Crippen molar-refractivity contribution in [3.8, 4) is 5.75 Å². The number of carbonyl (C=O) groups excluding carboxylic acids is 2. The highest BCUT2D eigenvalue weighted by Gasteiger charge is 2.22. The van der Waals surface area contributed by atoms with Gasteiger partial charge < -0.3 is 19.3 Å². The second-order valence-corrected chi connectivity index (χ2v) is 7.57. The fourth-order valence-electron chi connectivity index (χ4n) is 3.35. The van der Waals surface area contributed by atoms with Crippen molar-refractivity contribution in [2.24, 2.45) is 0 Å². The molecule has 0 aliphatic carbocycles. The van der Waals surface area contributed by atoms with Gasteiger partial charge in [0.2, 0.25) is 0 Å². The van der Waals surface area contributed by atoms with Gasteiger partial charge in [-0.25, -0.2) is 0 Å². The van der Waals surface area contributed by atoms with Gasteiger partial charge in [-0.05, 0) is 37.6 Å². The molecule has 9 heteroatoms. The maximum atomic E-state index is 12.3. The summed E-state index contributed by atoms with van der Waals surface area (Å²) in [6.07, 6.45) is 0.696.